The zero-order chi connectivity index (χ0) is 20.4. The van der Waals surface area contributed by atoms with Gasteiger partial charge in [-0.15, -0.1) is 0 Å². The van der Waals surface area contributed by atoms with Gasteiger partial charge in [0, 0.05) is 11.4 Å². The highest BCUT2D eigenvalue weighted by Gasteiger charge is 2.38. The van der Waals surface area contributed by atoms with Gasteiger partial charge in [-0.05, 0) is 48.2 Å². The Balaban J connectivity index is 1.80. The lowest BCUT2D eigenvalue weighted by Gasteiger charge is -2.39. The number of carbonyl (C=O) groups is 1. The van der Waals surface area contributed by atoms with E-state index in [9.17, 15) is 4.79 Å². The molecule has 0 bridgehead atoms. The van der Waals surface area contributed by atoms with Crippen LogP contribution in [0.3, 0.4) is 0 Å². The minimum absolute atomic E-state index is 0.0393. The van der Waals surface area contributed by atoms with Crippen LogP contribution in [0.4, 0.5) is 5.95 Å². The molecule has 0 spiro atoms. The molecule has 4 rings (SSSR count). The molecule has 0 fully saturated rings. The Morgan fingerprint density at radius 2 is 1.76 bits per heavy atom. The number of nitrogens with zero attached hydrogens (tertiary/aromatic N) is 4. The van der Waals surface area contributed by atoms with E-state index in [4.69, 9.17) is 16.3 Å². The maximum Gasteiger partial charge on any atom is 0.231 e. The Bertz CT molecular complexity index is 985. The number of methoxy groups -OCH3 is 1. The van der Waals surface area contributed by atoms with Crippen LogP contribution in [-0.4, -0.2) is 27.8 Å². The van der Waals surface area contributed by atoms with E-state index in [0.29, 0.717) is 23.8 Å². The molecule has 0 saturated heterocycles. The van der Waals surface area contributed by atoms with Crippen molar-refractivity contribution >= 4 is 23.5 Å². The highest BCUT2D eigenvalue weighted by atomic mass is 35.5. The maximum absolute atomic E-state index is 13.1. The van der Waals surface area contributed by atoms with Crippen LogP contribution in [0.1, 0.15) is 49.4 Å². The predicted octanol–water partition coefficient (Wildman–Crippen LogP) is 4.81. The minimum Gasteiger partial charge on any atom is -0.497 e. The third-order valence-electron chi connectivity index (χ3n) is 5.31. The molecule has 150 valence electrons. The Kier molecular flexibility index (Phi) is 5.53. The Morgan fingerprint density at radius 3 is 2.41 bits per heavy atom. The first kappa shape index (κ1) is 19.5. The van der Waals surface area contributed by atoms with E-state index in [1.54, 1.807) is 12.0 Å². The summed E-state index contributed by atoms with van der Waals surface area (Å²) in [5.41, 5.74) is 2.13. The van der Waals surface area contributed by atoms with Crippen LogP contribution in [0, 0.1) is 0 Å². The fourth-order valence-corrected chi connectivity index (χ4v) is 4.01. The Labute approximate surface area is 175 Å². The van der Waals surface area contributed by atoms with Crippen LogP contribution in [0.25, 0.3) is 0 Å². The quantitative estimate of drug-likeness (QED) is 0.605. The number of aromatic nitrogens is 3. The Morgan fingerprint density at radius 1 is 1.10 bits per heavy atom. The highest BCUT2D eigenvalue weighted by molar-refractivity contribution is 6.30. The van der Waals surface area contributed by atoms with E-state index in [1.807, 2.05) is 60.1 Å². The second kappa shape index (κ2) is 8.25. The molecule has 0 saturated carbocycles. The van der Waals surface area contributed by atoms with Crippen molar-refractivity contribution < 1.29 is 9.53 Å². The van der Waals surface area contributed by atoms with Crippen molar-refractivity contribution in [3.05, 3.63) is 71.0 Å². The summed E-state index contributed by atoms with van der Waals surface area (Å²) >= 11 is 6.08. The summed E-state index contributed by atoms with van der Waals surface area (Å²) in [7, 11) is 1.64. The lowest BCUT2D eigenvalue weighted by Crippen LogP contribution is -2.42. The molecule has 7 heteroatoms. The zero-order valence-electron chi connectivity index (χ0n) is 16.5. The highest BCUT2D eigenvalue weighted by Crippen LogP contribution is 2.42. The lowest BCUT2D eigenvalue weighted by atomic mass is 9.91. The summed E-state index contributed by atoms with van der Waals surface area (Å²) in [4.78, 5) is 19.3. The molecule has 2 heterocycles. The topological polar surface area (TPSA) is 60.2 Å². The van der Waals surface area contributed by atoms with E-state index in [1.165, 1.54) is 6.33 Å². The number of fused-ring (bicyclic) bond motifs is 1. The van der Waals surface area contributed by atoms with Crippen LogP contribution < -0.4 is 9.64 Å². The summed E-state index contributed by atoms with van der Waals surface area (Å²) in [6.45, 7) is 2.01. The molecule has 0 aliphatic carbocycles. The molecule has 0 unspecified atom stereocenters. The number of carbonyl (C=O) groups excluding carboxylic acids is 1. The van der Waals surface area contributed by atoms with Crippen LogP contribution in [0.5, 0.6) is 5.75 Å². The van der Waals surface area contributed by atoms with Crippen LogP contribution in [0.2, 0.25) is 5.02 Å². The normalized spacial score (nSPS) is 18.4. The van der Waals surface area contributed by atoms with Crippen molar-refractivity contribution in [2.45, 2.75) is 38.3 Å². The van der Waals surface area contributed by atoms with Crippen LogP contribution >= 0.6 is 11.6 Å². The second-order valence-electron chi connectivity index (χ2n) is 7.11. The molecule has 2 aromatic carbocycles. The first-order valence-electron chi connectivity index (χ1n) is 9.73. The third kappa shape index (κ3) is 3.72. The SMILES string of the molecule is CCCC(=O)N1c2ncnn2[C@@H](c2ccc(Cl)cc2)C[C@H]1c1ccc(OC)cc1. The van der Waals surface area contributed by atoms with E-state index in [2.05, 4.69) is 10.1 Å². The third-order valence-corrected chi connectivity index (χ3v) is 5.56. The van der Waals surface area contributed by atoms with Crippen molar-refractivity contribution in [3.8, 4) is 5.75 Å². The van der Waals surface area contributed by atoms with Gasteiger partial charge in [-0.25, -0.2) is 4.68 Å². The summed E-state index contributed by atoms with van der Waals surface area (Å²) in [6, 6.07) is 15.5. The van der Waals surface area contributed by atoms with Crippen LogP contribution in [0.15, 0.2) is 54.9 Å². The lowest BCUT2D eigenvalue weighted by molar-refractivity contribution is -0.119. The summed E-state index contributed by atoms with van der Waals surface area (Å²) < 4.78 is 7.14. The Hall–Kier alpha value is -2.86. The van der Waals surface area contributed by atoms with Gasteiger partial charge < -0.3 is 4.74 Å². The van der Waals surface area contributed by atoms with Crippen molar-refractivity contribution in [2.75, 3.05) is 12.0 Å². The van der Waals surface area contributed by atoms with E-state index >= 15 is 0 Å². The average molecular weight is 411 g/mol. The van der Waals surface area contributed by atoms with Crippen molar-refractivity contribution in [2.24, 2.45) is 0 Å². The molecule has 1 amide bonds. The predicted molar refractivity (Wildman–Crippen MR) is 112 cm³/mol. The summed E-state index contributed by atoms with van der Waals surface area (Å²) in [5.74, 6) is 1.42. The molecule has 1 aliphatic heterocycles. The molecule has 2 atom stereocenters. The molecule has 6 nitrogen and oxygen atoms in total. The van der Waals surface area contributed by atoms with Gasteiger partial charge in [0.05, 0.1) is 19.2 Å². The van der Waals surface area contributed by atoms with Crippen molar-refractivity contribution in [1.29, 1.82) is 0 Å². The smallest absolute Gasteiger partial charge is 0.231 e. The number of ether oxygens (including phenoxy) is 1. The zero-order valence-corrected chi connectivity index (χ0v) is 17.2. The number of benzene rings is 2. The average Bonchev–Trinajstić information content (AvgIpc) is 3.23. The first-order chi connectivity index (χ1) is 14.1. The van der Waals surface area contributed by atoms with Gasteiger partial charge in [-0.1, -0.05) is 42.8 Å². The molecule has 1 aromatic heterocycles. The standard InChI is InChI=1S/C22H23ClN4O2/c1-3-4-21(28)26-19(15-7-11-18(29-2)12-8-15)13-20(27-22(26)24-14-25-27)16-5-9-17(23)10-6-16/h5-12,14,19-20H,3-4,13H2,1-2H3/t19-,20+/m0/s1. The summed E-state index contributed by atoms with van der Waals surface area (Å²) in [6.07, 6.45) is 3.45. The number of hydrogen-bond donors (Lipinski definition) is 0. The van der Waals surface area contributed by atoms with Gasteiger partial charge in [0.15, 0.2) is 0 Å². The van der Waals surface area contributed by atoms with Gasteiger partial charge in [0.1, 0.15) is 12.1 Å². The van der Waals surface area contributed by atoms with E-state index in [-0.39, 0.29) is 18.0 Å². The fraction of sp³-hybridized carbons (Fsp3) is 0.318. The van der Waals surface area contributed by atoms with E-state index in [0.717, 1.165) is 23.3 Å². The largest absolute Gasteiger partial charge is 0.497 e. The molecular weight excluding hydrogens is 388 g/mol. The van der Waals surface area contributed by atoms with Gasteiger partial charge in [-0.3, -0.25) is 9.69 Å². The molecule has 29 heavy (non-hydrogen) atoms. The number of rotatable bonds is 5. The van der Waals surface area contributed by atoms with Crippen molar-refractivity contribution in [1.82, 2.24) is 14.8 Å². The second-order valence-corrected chi connectivity index (χ2v) is 7.55. The van der Waals surface area contributed by atoms with Gasteiger partial charge >= 0.3 is 0 Å². The monoisotopic (exact) mass is 410 g/mol. The molecule has 0 radical (unpaired) electrons. The van der Waals surface area contributed by atoms with E-state index < -0.39 is 0 Å². The number of anilines is 1. The number of halogens is 1. The maximum atomic E-state index is 13.1. The minimum atomic E-state index is -0.141. The number of amides is 1. The summed E-state index contributed by atoms with van der Waals surface area (Å²) in [5, 5.41) is 5.13. The fourth-order valence-electron chi connectivity index (χ4n) is 3.89. The molecule has 1 aliphatic rings. The molecule has 3 aromatic rings. The van der Waals surface area contributed by atoms with Gasteiger partial charge in [-0.2, -0.15) is 10.1 Å². The molecular formula is C22H23ClN4O2. The first-order valence-corrected chi connectivity index (χ1v) is 10.1. The van der Waals surface area contributed by atoms with Gasteiger partial charge in [0.2, 0.25) is 11.9 Å². The molecule has 0 N–H and O–H groups in total. The number of hydrogen-bond acceptors (Lipinski definition) is 4. The van der Waals surface area contributed by atoms with Crippen molar-refractivity contribution in [3.63, 3.8) is 0 Å². The van der Waals surface area contributed by atoms with Gasteiger partial charge in [0.25, 0.3) is 0 Å². The van der Waals surface area contributed by atoms with Crippen LogP contribution in [-0.2, 0) is 4.79 Å².